The van der Waals surface area contributed by atoms with Crippen LogP contribution < -0.4 is 15.2 Å². The van der Waals surface area contributed by atoms with Crippen LogP contribution in [0, 0.1) is 0 Å². The zero-order valence-corrected chi connectivity index (χ0v) is 11.6. The van der Waals surface area contributed by atoms with Gasteiger partial charge < -0.3 is 14.8 Å². The van der Waals surface area contributed by atoms with Crippen LogP contribution in [0.25, 0.3) is 0 Å². The van der Waals surface area contributed by atoms with Gasteiger partial charge in [0.1, 0.15) is 5.75 Å². The van der Waals surface area contributed by atoms with Crippen molar-refractivity contribution in [1.29, 1.82) is 0 Å². The number of nitrogens with one attached hydrogen (secondary N) is 1. The van der Waals surface area contributed by atoms with E-state index in [1.807, 2.05) is 0 Å². The van der Waals surface area contributed by atoms with E-state index in [2.05, 4.69) is 5.32 Å². The molecule has 0 aromatic heterocycles. The van der Waals surface area contributed by atoms with Crippen molar-refractivity contribution in [2.24, 2.45) is 5.14 Å². The van der Waals surface area contributed by atoms with E-state index in [0.717, 1.165) is 19.4 Å². The van der Waals surface area contributed by atoms with Crippen LogP contribution in [0.3, 0.4) is 0 Å². The minimum atomic E-state index is -3.72. The SMILES string of the molecule is COc1ccc(S(N)(=O)=O)cc1NC1CCCOC1. The molecule has 7 heteroatoms. The third-order valence-corrected chi connectivity index (χ3v) is 3.93. The molecule has 1 aliphatic heterocycles. The molecule has 1 fully saturated rings. The molecule has 1 aromatic carbocycles. The molecule has 0 radical (unpaired) electrons. The second kappa shape index (κ2) is 5.77. The Labute approximate surface area is 112 Å². The molecule has 0 amide bonds. The maximum atomic E-state index is 11.4. The third kappa shape index (κ3) is 3.59. The molecule has 0 spiro atoms. The molecule has 1 heterocycles. The molecule has 106 valence electrons. The van der Waals surface area contributed by atoms with Crippen LogP contribution in [0.1, 0.15) is 12.8 Å². The molecular weight excluding hydrogens is 268 g/mol. The van der Waals surface area contributed by atoms with Gasteiger partial charge >= 0.3 is 0 Å². The van der Waals surface area contributed by atoms with Crippen molar-refractivity contribution in [1.82, 2.24) is 0 Å². The third-order valence-electron chi connectivity index (χ3n) is 3.02. The number of sulfonamides is 1. The van der Waals surface area contributed by atoms with Crippen LogP contribution in [0.5, 0.6) is 5.75 Å². The highest BCUT2D eigenvalue weighted by molar-refractivity contribution is 7.89. The molecule has 1 atom stereocenters. The van der Waals surface area contributed by atoms with Crippen molar-refractivity contribution in [2.75, 3.05) is 25.6 Å². The minimum absolute atomic E-state index is 0.0625. The van der Waals surface area contributed by atoms with Crippen LogP contribution in [0.2, 0.25) is 0 Å². The van der Waals surface area contributed by atoms with Gasteiger partial charge in [0.15, 0.2) is 0 Å². The molecule has 0 saturated carbocycles. The van der Waals surface area contributed by atoms with Gasteiger partial charge in [-0.05, 0) is 31.0 Å². The first-order valence-electron chi connectivity index (χ1n) is 6.06. The summed E-state index contributed by atoms with van der Waals surface area (Å²) in [4.78, 5) is 0.0625. The molecule has 3 N–H and O–H groups in total. The Kier molecular flexibility index (Phi) is 4.28. The van der Waals surface area contributed by atoms with Crippen molar-refractivity contribution < 1.29 is 17.9 Å². The molecular formula is C12H18N2O4S. The number of primary sulfonamides is 1. The molecule has 6 nitrogen and oxygen atoms in total. The normalized spacial score (nSPS) is 20.0. The zero-order chi connectivity index (χ0) is 13.9. The molecule has 0 bridgehead atoms. The van der Waals surface area contributed by atoms with Crippen LogP contribution >= 0.6 is 0 Å². The van der Waals surface area contributed by atoms with Gasteiger partial charge in [0, 0.05) is 12.6 Å². The Hall–Kier alpha value is -1.31. The highest BCUT2D eigenvalue weighted by Crippen LogP contribution is 2.28. The topological polar surface area (TPSA) is 90.7 Å². The predicted molar refractivity (Wildman–Crippen MR) is 71.8 cm³/mol. The van der Waals surface area contributed by atoms with Gasteiger partial charge in [0.25, 0.3) is 0 Å². The Morgan fingerprint density at radius 1 is 1.47 bits per heavy atom. The molecule has 1 aromatic rings. The number of methoxy groups -OCH3 is 1. The van der Waals surface area contributed by atoms with E-state index in [9.17, 15) is 8.42 Å². The maximum absolute atomic E-state index is 11.4. The number of hydrogen-bond donors (Lipinski definition) is 2. The number of nitrogens with two attached hydrogens (primary N) is 1. The van der Waals surface area contributed by atoms with Gasteiger partial charge in [-0.2, -0.15) is 0 Å². The quantitative estimate of drug-likeness (QED) is 0.859. The first kappa shape index (κ1) is 14.1. The molecule has 1 unspecified atom stereocenters. The summed E-state index contributed by atoms with van der Waals surface area (Å²) in [5.74, 6) is 0.581. The molecule has 1 saturated heterocycles. The number of anilines is 1. The average molecular weight is 286 g/mol. The van der Waals surface area contributed by atoms with Gasteiger partial charge in [-0.25, -0.2) is 13.6 Å². The van der Waals surface area contributed by atoms with Crippen molar-refractivity contribution in [3.63, 3.8) is 0 Å². The first-order valence-corrected chi connectivity index (χ1v) is 7.60. The number of benzene rings is 1. The fraction of sp³-hybridized carbons (Fsp3) is 0.500. The summed E-state index contributed by atoms with van der Waals surface area (Å²) in [5.41, 5.74) is 0.615. The lowest BCUT2D eigenvalue weighted by molar-refractivity contribution is 0.0875. The van der Waals surface area contributed by atoms with Crippen LogP contribution in [0.4, 0.5) is 5.69 Å². The number of ether oxygens (including phenoxy) is 2. The Morgan fingerprint density at radius 2 is 2.26 bits per heavy atom. The van der Waals surface area contributed by atoms with Gasteiger partial charge in [0.2, 0.25) is 10.0 Å². The molecule has 2 rings (SSSR count). The van der Waals surface area contributed by atoms with Crippen LogP contribution in [-0.2, 0) is 14.8 Å². The summed E-state index contributed by atoms with van der Waals surface area (Å²) in [6, 6.07) is 4.66. The minimum Gasteiger partial charge on any atom is -0.495 e. The fourth-order valence-corrected chi connectivity index (χ4v) is 2.59. The fourth-order valence-electron chi connectivity index (χ4n) is 2.05. The number of rotatable bonds is 4. The monoisotopic (exact) mass is 286 g/mol. The lowest BCUT2D eigenvalue weighted by Crippen LogP contribution is -2.30. The summed E-state index contributed by atoms with van der Waals surface area (Å²) in [5, 5.41) is 8.37. The maximum Gasteiger partial charge on any atom is 0.238 e. The molecule has 19 heavy (non-hydrogen) atoms. The largest absolute Gasteiger partial charge is 0.495 e. The predicted octanol–water partition coefficient (Wildman–Crippen LogP) is 0.933. The van der Waals surface area contributed by atoms with E-state index in [4.69, 9.17) is 14.6 Å². The standard InChI is InChI=1S/C12H18N2O4S/c1-17-12-5-4-10(19(13,15)16)7-11(12)14-9-3-2-6-18-8-9/h4-5,7,9,14H,2-3,6,8H2,1H3,(H2,13,15,16). The molecule has 0 aliphatic carbocycles. The second-order valence-electron chi connectivity index (χ2n) is 4.47. The van der Waals surface area contributed by atoms with Gasteiger partial charge in [-0.15, -0.1) is 0 Å². The van der Waals surface area contributed by atoms with E-state index in [1.54, 1.807) is 6.07 Å². The molecule has 1 aliphatic rings. The van der Waals surface area contributed by atoms with Gasteiger partial charge in [-0.1, -0.05) is 0 Å². The second-order valence-corrected chi connectivity index (χ2v) is 6.03. The first-order chi connectivity index (χ1) is 9.00. The van der Waals surface area contributed by atoms with Crippen molar-refractivity contribution in [3.05, 3.63) is 18.2 Å². The summed E-state index contributed by atoms with van der Waals surface area (Å²) in [6.07, 6.45) is 1.96. The lowest BCUT2D eigenvalue weighted by Gasteiger charge is -2.25. The summed E-state index contributed by atoms with van der Waals surface area (Å²) >= 11 is 0. The Bertz CT molecular complexity index is 539. The van der Waals surface area contributed by atoms with Crippen molar-refractivity contribution in [2.45, 2.75) is 23.8 Å². The van der Waals surface area contributed by atoms with Crippen LogP contribution in [0.15, 0.2) is 23.1 Å². The van der Waals surface area contributed by atoms with E-state index in [-0.39, 0.29) is 10.9 Å². The highest BCUT2D eigenvalue weighted by atomic mass is 32.2. The summed E-state index contributed by atoms with van der Waals surface area (Å²) in [6.45, 7) is 1.37. The number of hydrogen-bond acceptors (Lipinski definition) is 5. The Balaban J connectivity index is 2.25. The van der Waals surface area contributed by atoms with Gasteiger partial charge in [-0.3, -0.25) is 0 Å². The van der Waals surface area contributed by atoms with E-state index in [0.29, 0.717) is 18.0 Å². The highest BCUT2D eigenvalue weighted by Gasteiger charge is 2.17. The van der Waals surface area contributed by atoms with Crippen molar-refractivity contribution >= 4 is 15.7 Å². The van der Waals surface area contributed by atoms with Crippen molar-refractivity contribution in [3.8, 4) is 5.75 Å². The Morgan fingerprint density at radius 3 is 2.84 bits per heavy atom. The van der Waals surface area contributed by atoms with E-state index in [1.165, 1.54) is 19.2 Å². The smallest absolute Gasteiger partial charge is 0.238 e. The van der Waals surface area contributed by atoms with E-state index >= 15 is 0 Å². The van der Waals surface area contributed by atoms with Gasteiger partial charge in [0.05, 0.1) is 24.3 Å². The zero-order valence-electron chi connectivity index (χ0n) is 10.8. The summed E-state index contributed by atoms with van der Waals surface area (Å²) in [7, 11) is -2.18. The van der Waals surface area contributed by atoms with E-state index < -0.39 is 10.0 Å². The average Bonchev–Trinajstić information content (AvgIpc) is 2.39. The lowest BCUT2D eigenvalue weighted by atomic mass is 10.1. The van der Waals surface area contributed by atoms with Crippen LogP contribution in [-0.4, -0.2) is 34.8 Å². The summed E-state index contributed by atoms with van der Waals surface area (Å²) < 4.78 is 33.3.